The number of hydrogen-bond acceptors (Lipinski definition) is 9. The van der Waals surface area contributed by atoms with Gasteiger partial charge < -0.3 is 19.3 Å². The molecule has 1 N–H and O–H groups in total. The third-order valence-electron chi connectivity index (χ3n) is 4.68. The molecule has 0 aliphatic carbocycles. The summed E-state index contributed by atoms with van der Waals surface area (Å²) in [6.45, 7) is 5.64. The molecule has 2 aliphatic heterocycles. The van der Waals surface area contributed by atoms with E-state index in [0.29, 0.717) is 48.9 Å². The number of hydrogen-bond donors (Lipinski definition) is 1. The molecule has 2 aliphatic rings. The molecule has 9 nitrogen and oxygen atoms in total. The molecule has 1 aromatic heterocycles. The van der Waals surface area contributed by atoms with Gasteiger partial charge >= 0.3 is 0 Å². The lowest BCUT2D eigenvalue weighted by atomic mass is 10.2. The van der Waals surface area contributed by atoms with Crippen LogP contribution in [0.3, 0.4) is 0 Å². The summed E-state index contributed by atoms with van der Waals surface area (Å²) in [6, 6.07) is 10.0. The largest absolute Gasteiger partial charge is 0.378 e. The fourth-order valence-electron chi connectivity index (χ4n) is 3.08. The Labute approximate surface area is 183 Å². The van der Waals surface area contributed by atoms with Gasteiger partial charge in [-0.25, -0.2) is 5.43 Å². The summed E-state index contributed by atoms with van der Waals surface area (Å²) in [5.41, 5.74) is 4.04. The summed E-state index contributed by atoms with van der Waals surface area (Å²) >= 11 is 3.46. The molecule has 1 aromatic carbocycles. The van der Waals surface area contributed by atoms with E-state index in [0.717, 1.165) is 31.7 Å². The molecule has 0 amide bonds. The van der Waals surface area contributed by atoms with Crippen molar-refractivity contribution in [1.29, 1.82) is 0 Å². The summed E-state index contributed by atoms with van der Waals surface area (Å²) in [5.74, 6) is 1.66. The molecule has 0 saturated carbocycles. The minimum absolute atomic E-state index is 0.401. The minimum Gasteiger partial charge on any atom is -0.378 e. The number of allylic oxidation sites excluding steroid dienone is 1. The van der Waals surface area contributed by atoms with Gasteiger partial charge in [0.15, 0.2) is 0 Å². The molecule has 4 rings (SSSR count). The molecule has 2 saturated heterocycles. The van der Waals surface area contributed by atoms with Crippen LogP contribution < -0.4 is 15.2 Å². The first kappa shape index (κ1) is 20.7. The van der Waals surface area contributed by atoms with E-state index in [-0.39, 0.29) is 0 Å². The molecule has 0 atom stereocenters. The van der Waals surface area contributed by atoms with Crippen LogP contribution in [0.1, 0.15) is 5.56 Å². The molecular formula is C20H24BrN7O2. The SMILES string of the molecule is BrC(/C=C/c1ccccc1)=N\Nc1nc(N2CCOCC2)nc(N2CCOCC2)n1. The quantitative estimate of drug-likeness (QED) is 0.505. The number of nitrogens with zero attached hydrogens (tertiary/aromatic N) is 6. The van der Waals surface area contributed by atoms with Crippen LogP contribution >= 0.6 is 15.9 Å². The van der Waals surface area contributed by atoms with E-state index in [1.807, 2.05) is 42.5 Å². The third-order valence-corrected chi connectivity index (χ3v) is 5.12. The van der Waals surface area contributed by atoms with Crippen LogP contribution in [0.25, 0.3) is 6.08 Å². The highest BCUT2D eigenvalue weighted by Crippen LogP contribution is 2.19. The Morgan fingerprint density at radius 2 is 1.47 bits per heavy atom. The lowest BCUT2D eigenvalue weighted by Gasteiger charge is -2.30. The molecule has 2 fully saturated rings. The Bertz CT molecular complexity index is 846. The number of ether oxygens (including phenoxy) is 2. The second-order valence-corrected chi connectivity index (χ2v) is 7.56. The standard InChI is InChI=1S/C20H24BrN7O2/c21-17(7-6-16-4-2-1-3-5-16)25-26-18-22-19(27-8-12-29-13-9-27)24-20(23-18)28-10-14-30-15-11-28/h1-7H,8-15H2,(H,22,23,24,26)/b7-6+,25-17-. The van der Waals surface area contributed by atoms with E-state index in [9.17, 15) is 0 Å². The molecular weight excluding hydrogens is 450 g/mol. The van der Waals surface area contributed by atoms with E-state index in [1.165, 1.54) is 0 Å². The molecule has 158 valence electrons. The predicted octanol–water partition coefficient (Wildman–Crippen LogP) is 2.38. The van der Waals surface area contributed by atoms with Gasteiger partial charge in [0.1, 0.15) is 4.62 Å². The summed E-state index contributed by atoms with van der Waals surface area (Å²) in [6.07, 6.45) is 3.84. The number of halogens is 1. The van der Waals surface area contributed by atoms with E-state index in [4.69, 9.17) is 9.47 Å². The van der Waals surface area contributed by atoms with Gasteiger partial charge in [0.25, 0.3) is 0 Å². The van der Waals surface area contributed by atoms with Gasteiger partial charge in [0.2, 0.25) is 17.8 Å². The summed E-state index contributed by atoms with van der Waals surface area (Å²) in [7, 11) is 0. The number of benzene rings is 1. The van der Waals surface area contributed by atoms with Crippen molar-refractivity contribution >= 4 is 44.5 Å². The smallest absolute Gasteiger partial charge is 0.250 e. The van der Waals surface area contributed by atoms with Crippen LogP contribution in [-0.4, -0.2) is 72.2 Å². The van der Waals surface area contributed by atoms with E-state index in [2.05, 4.69) is 51.2 Å². The van der Waals surface area contributed by atoms with Crippen molar-refractivity contribution in [3.05, 3.63) is 42.0 Å². The fraction of sp³-hybridized carbons (Fsp3) is 0.400. The van der Waals surface area contributed by atoms with Crippen molar-refractivity contribution in [2.24, 2.45) is 5.10 Å². The van der Waals surface area contributed by atoms with Gasteiger partial charge in [0.05, 0.1) is 26.4 Å². The molecule has 30 heavy (non-hydrogen) atoms. The van der Waals surface area contributed by atoms with E-state index in [1.54, 1.807) is 0 Å². The zero-order valence-electron chi connectivity index (χ0n) is 16.6. The van der Waals surface area contributed by atoms with Gasteiger partial charge in [-0.15, -0.1) is 0 Å². The molecule has 0 spiro atoms. The highest BCUT2D eigenvalue weighted by Gasteiger charge is 2.20. The van der Waals surface area contributed by atoms with Crippen LogP contribution in [0.15, 0.2) is 41.5 Å². The third kappa shape index (κ3) is 5.74. The molecule has 2 aromatic rings. The highest BCUT2D eigenvalue weighted by atomic mass is 79.9. The van der Waals surface area contributed by atoms with Crippen molar-refractivity contribution in [3.63, 3.8) is 0 Å². The van der Waals surface area contributed by atoms with Gasteiger partial charge in [-0.05, 0) is 27.6 Å². The number of morpholine rings is 2. The Morgan fingerprint density at radius 1 is 0.900 bits per heavy atom. The van der Waals surface area contributed by atoms with Crippen LogP contribution in [-0.2, 0) is 9.47 Å². The Hall–Kier alpha value is -2.56. The Balaban J connectivity index is 1.52. The van der Waals surface area contributed by atoms with Gasteiger partial charge in [0, 0.05) is 26.2 Å². The second kappa shape index (κ2) is 10.5. The zero-order chi connectivity index (χ0) is 20.6. The van der Waals surface area contributed by atoms with Crippen molar-refractivity contribution < 1.29 is 9.47 Å². The molecule has 3 heterocycles. The normalized spacial score (nSPS) is 18.1. The fourth-order valence-corrected chi connectivity index (χ4v) is 3.30. The predicted molar refractivity (Wildman–Crippen MR) is 121 cm³/mol. The number of aromatic nitrogens is 3. The monoisotopic (exact) mass is 473 g/mol. The van der Waals surface area contributed by atoms with Crippen LogP contribution in [0.4, 0.5) is 17.8 Å². The zero-order valence-corrected chi connectivity index (χ0v) is 18.2. The van der Waals surface area contributed by atoms with Crippen molar-refractivity contribution in [3.8, 4) is 0 Å². The first-order valence-corrected chi connectivity index (χ1v) is 10.7. The first-order chi connectivity index (χ1) is 14.8. The summed E-state index contributed by atoms with van der Waals surface area (Å²) in [4.78, 5) is 18.0. The molecule has 10 heteroatoms. The van der Waals surface area contributed by atoms with Crippen molar-refractivity contribution in [2.75, 3.05) is 67.8 Å². The molecule has 0 radical (unpaired) electrons. The number of nitrogens with one attached hydrogen (secondary N) is 1. The number of anilines is 3. The topological polar surface area (TPSA) is 88.0 Å². The maximum atomic E-state index is 5.45. The Morgan fingerprint density at radius 3 is 2.03 bits per heavy atom. The maximum Gasteiger partial charge on any atom is 0.250 e. The first-order valence-electron chi connectivity index (χ1n) is 9.92. The summed E-state index contributed by atoms with van der Waals surface area (Å²) < 4.78 is 11.5. The van der Waals surface area contributed by atoms with Crippen LogP contribution in [0.5, 0.6) is 0 Å². The lowest BCUT2D eigenvalue weighted by Crippen LogP contribution is -2.40. The molecule has 0 bridgehead atoms. The van der Waals surface area contributed by atoms with Crippen LogP contribution in [0.2, 0.25) is 0 Å². The average Bonchev–Trinajstić information content (AvgIpc) is 2.83. The lowest BCUT2D eigenvalue weighted by molar-refractivity contribution is 0.121. The minimum atomic E-state index is 0.401. The second-order valence-electron chi connectivity index (χ2n) is 6.75. The van der Waals surface area contributed by atoms with Crippen molar-refractivity contribution in [1.82, 2.24) is 15.0 Å². The van der Waals surface area contributed by atoms with Crippen molar-refractivity contribution in [2.45, 2.75) is 0 Å². The number of hydrazone groups is 1. The van der Waals surface area contributed by atoms with Gasteiger partial charge in [-0.3, -0.25) is 0 Å². The maximum absolute atomic E-state index is 5.45. The van der Waals surface area contributed by atoms with E-state index >= 15 is 0 Å². The Kier molecular flexibility index (Phi) is 7.22. The summed E-state index contributed by atoms with van der Waals surface area (Å²) in [5, 5.41) is 4.34. The van der Waals surface area contributed by atoms with Gasteiger partial charge in [-0.2, -0.15) is 20.1 Å². The van der Waals surface area contributed by atoms with Crippen LogP contribution in [0, 0.1) is 0 Å². The highest BCUT2D eigenvalue weighted by molar-refractivity contribution is 9.18. The van der Waals surface area contributed by atoms with E-state index < -0.39 is 0 Å². The number of rotatable bonds is 6. The average molecular weight is 474 g/mol. The molecule has 0 unspecified atom stereocenters. The van der Waals surface area contributed by atoms with Gasteiger partial charge in [-0.1, -0.05) is 36.4 Å².